The molecule has 1 aliphatic heterocycles. The normalized spacial score (nSPS) is 35.5. The maximum atomic E-state index is 11.0. The Labute approximate surface area is 57.0 Å². The summed E-state index contributed by atoms with van der Waals surface area (Å²) in [5.41, 5.74) is 0. The summed E-state index contributed by atoms with van der Waals surface area (Å²) in [6, 6.07) is 0. The highest BCUT2D eigenvalue weighted by Crippen LogP contribution is 2.50. The highest BCUT2D eigenvalue weighted by atomic mass is 79.9. The van der Waals surface area contributed by atoms with Crippen LogP contribution in [0.25, 0.3) is 0 Å². The number of allylic oxidation sites excluding steroid dienone is 2. The standard InChI is InChI=1S/C5H6BrOP/c1-8(7)3-2-5(6)4-8/h2-4H,1H3. The molecule has 1 heterocycles. The van der Waals surface area contributed by atoms with Crippen LogP contribution in [0.1, 0.15) is 0 Å². The highest BCUT2D eigenvalue weighted by Gasteiger charge is 2.11. The van der Waals surface area contributed by atoms with Gasteiger partial charge in [0.1, 0.15) is 7.14 Å². The molecule has 0 aliphatic carbocycles. The Morgan fingerprint density at radius 2 is 2.38 bits per heavy atom. The van der Waals surface area contributed by atoms with Gasteiger partial charge in [-0.15, -0.1) is 0 Å². The van der Waals surface area contributed by atoms with E-state index in [-0.39, 0.29) is 0 Å². The summed E-state index contributed by atoms with van der Waals surface area (Å²) in [6.07, 6.45) is 1.82. The van der Waals surface area contributed by atoms with Crippen LogP contribution in [0.15, 0.2) is 22.2 Å². The zero-order valence-corrected chi connectivity index (χ0v) is 6.95. The maximum Gasteiger partial charge on any atom is 0.127 e. The van der Waals surface area contributed by atoms with Gasteiger partial charge in [-0.05, 0) is 24.4 Å². The van der Waals surface area contributed by atoms with Crippen LogP contribution in [-0.4, -0.2) is 6.66 Å². The van der Waals surface area contributed by atoms with Crippen LogP contribution in [0.5, 0.6) is 0 Å². The average Bonchev–Trinajstić information content (AvgIpc) is 1.82. The molecule has 0 bridgehead atoms. The zero-order valence-electron chi connectivity index (χ0n) is 4.47. The van der Waals surface area contributed by atoms with E-state index in [1.807, 2.05) is 6.08 Å². The fraction of sp³-hybridized carbons (Fsp3) is 0.200. The molecule has 1 rings (SSSR count). The second kappa shape index (κ2) is 1.85. The lowest BCUT2D eigenvalue weighted by Gasteiger charge is -1.90. The van der Waals surface area contributed by atoms with Crippen LogP contribution in [0, 0.1) is 0 Å². The van der Waals surface area contributed by atoms with Gasteiger partial charge >= 0.3 is 0 Å². The first kappa shape index (κ1) is 6.31. The van der Waals surface area contributed by atoms with Crippen molar-refractivity contribution in [2.24, 2.45) is 0 Å². The van der Waals surface area contributed by atoms with E-state index in [0.717, 1.165) is 4.48 Å². The predicted octanol–water partition coefficient (Wildman–Crippen LogP) is 2.74. The molecule has 0 radical (unpaired) electrons. The molecule has 0 saturated heterocycles. The van der Waals surface area contributed by atoms with Crippen LogP contribution in [0.4, 0.5) is 0 Å². The summed E-state index contributed by atoms with van der Waals surface area (Å²) in [5, 5.41) is 0. The van der Waals surface area contributed by atoms with Crippen molar-refractivity contribution in [3.63, 3.8) is 0 Å². The lowest BCUT2D eigenvalue weighted by atomic mass is 10.6. The van der Waals surface area contributed by atoms with E-state index in [0.29, 0.717) is 0 Å². The summed E-state index contributed by atoms with van der Waals surface area (Å²) < 4.78 is 12.0. The maximum absolute atomic E-state index is 11.0. The largest absolute Gasteiger partial charge is 0.315 e. The Morgan fingerprint density at radius 3 is 2.50 bits per heavy atom. The monoisotopic (exact) mass is 192 g/mol. The third-order valence-corrected chi connectivity index (χ3v) is 3.29. The van der Waals surface area contributed by atoms with Gasteiger partial charge in [0.2, 0.25) is 0 Å². The quantitative estimate of drug-likeness (QED) is 0.540. The molecule has 0 saturated carbocycles. The average molecular weight is 193 g/mol. The summed E-state index contributed by atoms with van der Waals surface area (Å²) in [7, 11) is -1.99. The fourth-order valence-corrected chi connectivity index (χ4v) is 3.22. The zero-order chi connectivity index (χ0) is 6.20. The lowest BCUT2D eigenvalue weighted by Crippen LogP contribution is -1.56. The highest BCUT2D eigenvalue weighted by molar-refractivity contribution is 9.12. The van der Waals surface area contributed by atoms with Gasteiger partial charge in [-0.2, -0.15) is 0 Å². The Kier molecular flexibility index (Phi) is 1.46. The number of rotatable bonds is 0. The molecule has 1 nitrogen and oxygen atoms in total. The lowest BCUT2D eigenvalue weighted by molar-refractivity contribution is 0.590. The van der Waals surface area contributed by atoms with E-state index in [1.165, 1.54) is 0 Å². The third kappa shape index (κ3) is 1.33. The van der Waals surface area contributed by atoms with Crippen molar-refractivity contribution < 1.29 is 4.57 Å². The van der Waals surface area contributed by atoms with Gasteiger partial charge in [-0.1, -0.05) is 15.9 Å². The first-order valence-corrected chi connectivity index (χ1v) is 5.33. The molecule has 0 N–H and O–H groups in total. The molecule has 0 aromatic rings. The van der Waals surface area contributed by atoms with Crippen molar-refractivity contribution in [1.82, 2.24) is 0 Å². The van der Waals surface area contributed by atoms with E-state index in [2.05, 4.69) is 15.9 Å². The van der Waals surface area contributed by atoms with Gasteiger partial charge in [-0.3, -0.25) is 0 Å². The van der Waals surface area contributed by atoms with Gasteiger partial charge in [0, 0.05) is 4.48 Å². The SMILES string of the molecule is CP1(=O)C=CC(Br)=C1. The second-order valence-corrected chi connectivity index (χ2v) is 5.48. The van der Waals surface area contributed by atoms with Crippen molar-refractivity contribution in [2.75, 3.05) is 6.66 Å². The molecule has 1 atom stereocenters. The molecule has 1 aliphatic rings. The molecule has 3 heteroatoms. The van der Waals surface area contributed by atoms with Gasteiger partial charge in [0.25, 0.3) is 0 Å². The topological polar surface area (TPSA) is 17.1 Å². The molecule has 44 valence electrons. The Bertz CT molecular complexity index is 204. The Morgan fingerprint density at radius 1 is 1.75 bits per heavy atom. The van der Waals surface area contributed by atoms with Crippen LogP contribution in [0.3, 0.4) is 0 Å². The Hall–Kier alpha value is 0.190. The van der Waals surface area contributed by atoms with Crippen molar-refractivity contribution in [2.45, 2.75) is 0 Å². The summed E-state index contributed by atoms with van der Waals surface area (Å²) in [4.78, 5) is 0. The van der Waals surface area contributed by atoms with Crippen molar-refractivity contribution in [1.29, 1.82) is 0 Å². The minimum absolute atomic E-state index is 0.934. The number of hydrogen-bond donors (Lipinski definition) is 0. The van der Waals surface area contributed by atoms with E-state index in [9.17, 15) is 4.57 Å². The van der Waals surface area contributed by atoms with E-state index in [1.54, 1.807) is 18.3 Å². The summed E-state index contributed by atoms with van der Waals surface area (Å²) in [5.74, 6) is 3.48. The molecule has 8 heavy (non-hydrogen) atoms. The third-order valence-electron chi connectivity index (χ3n) is 0.909. The smallest absolute Gasteiger partial charge is 0.127 e. The number of hydrogen-bond acceptors (Lipinski definition) is 1. The van der Waals surface area contributed by atoms with Crippen molar-refractivity contribution in [3.05, 3.63) is 22.2 Å². The molecule has 0 amide bonds. The minimum atomic E-state index is -1.99. The summed E-state index contributed by atoms with van der Waals surface area (Å²) in [6.45, 7) is 1.73. The second-order valence-electron chi connectivity index (χ2n) is 1.89. The molecule has 1 unspecified atom stereocenters. The molecule has 0 spiro atoms. The van der Waals surface area contributed by atoms with E-state index >= 15 is 0 Å². The van der Waals surface area contributed by atoms with Crippen LogP contribution in [-0.2, 0) is 4.57 Å². The predicted molar refractivity (Wildman–Crippen MR) is 39.7 cm³/mol. The summed E-state index contributed by atoms with van der Waals surface area (Å²) >= 11 is 3.22. The van der Waals surface area contributed by atoms with Gasteiger partial charge in [0.05, 0.1) is 0 Å². The van der Waals surface area contributed by atoms with Crippen LogP contribution in [0.2, 0.25) is 0 Å². The minimum Gasteiger partial charge on any atom is -0.315 e. The van der Waals surface area contributed by atoms with Crippen LogP contribution < -0.4 is 0 Å². The molecule has 0 aromatic carbocycles. The van der Waals surface area contributed by atoms with Crippen molar-refractivity contribution in [3.8, 4) is 0 Å². The van der Waals surface area contributed by atoms with Crippen LogP contribution >= 0.6 is 23.1 Å². The van der Waals surface area contributed by atoms with Crippen molar-refractivity contribution >= 4 is 23.1 Å². The van der Waals surface area contributed by atoms with Gasteiger partial charge in [-0.25, -0.2) is 0 Å². The van der Waals surface area contributed by atoms with E-state index < -0.39 is 7.14 Å². The molecular weight excluding hydrogens is 187 g/mol. The van der Waals surface area contributed by atoms with Gasteiger partial charge < -0.3 is 4.57 Å². The van der Waals surface area contributed by atoms with Gasteiger partial charge in [0.15, 0.2) is 0 Å². The Balaban J connectivity index is 3.01. The molecular formula is C5H6BrOP. The van der Waals surface area contributed by atoms with E-state index in [4.69, 9.17) is 0 Å². The first-order valence-electron chi connectivity index (χ1n) is 2.25. The fourth-order valence-electron chi connectivity index (χ4n) is 0.550. The molecule has 0 aromatic heterocycles. The number of halogens is 1. The first-order chi connectivity index (χ1) is 3.60. The molecule has 0 fully saturated rings.